The van der Waals surface area contributed by atoms with Crippen molar-refractivity contribution in [1.29, 1.82) is 0 Å². The second-order valence-corrected chi connectivity index (χ2v) is 7.61. The Bertz CT molecular complexity index is 826. The molecule has 28 heavy (non-hydrogen) atoms. The van der Waals surface area contributed by atoms with E-state index < -0.39 is 0 Å². The van der Waals surface area contributed by atoms with Crippen LogP contribution in [0.4, 0.5) is 0 Å². The summed E-state index contributed by atoms with van der Waals surface area (Å²) >= 11 is 6.34. The summed E-state index contributed by atoms with van der Waals surface area (Å²) in [5.74, 6) is 0. The van der Waals surface area contributed by atoms with Crippen LogP contribution in [0.3, 0.4) is 0 Å². The van der Waals surface area contributed by atoms with Gasteiger partial charge in [0.15, 0.2) is 0 Å². The summed E-state index contributed by atoms with van der Waals surface area (Å²) in [6.45, 7) is 16.1. The number of fused-ring (bicyclic) bond motifs is 1. The molecule has 1 aliphatic rings. The Balaban J connectivity index is 0.000000582. The lowest BCUT2D eigenvalue weighted by molar-refractivity contribution is 0.381. The van der Waals surface area contributed by atoms with Gasteiger partial charge in [0.25, 0.3) is 0 Å². The molecule has 1 aromatic carbocycles. The summed E-state index contributed by atoms with van der Waals surface area (Å²) in [5, 5.41) is 2.10. The highest BCUT2D eigenvalue weighted by Crippen LogP contribution is 2.37. The van der Waals surface area contributed by atoms with Crippen LogP contribution in [0.15, 0.2) is 48.2 Å². The van der Waals surface area contributed by atoms with Gasteiger partial charge in [-0.1, -0.05) is 57.9 Å². The van der Waals surface area contributed by atoms with Gasteiger partial charge in [-0.2, -0.15) is 0 Å². The Morgan fingerprint density at radius 2 is 1.82 bits per heavy atom. The van der Waals surface area contributed by atoms with E-state index in [1.165, 1.54) is 39.7 Å². The lowest BCUT2D eigenvalue weighted by atomic mass is 9.91. The summed E-state index contributed by atoms with van der Waals surface area (Å²) in [5.41, 5.74) is 6.42. The number of aromatic nitrogens is 1. The summed E-state index contributed by atoms with van der Waals surface area (Å²) < 4.78 is 0. The average Bonchev–Trinajstić information content (AvgIpc) is 2.97. The second-order valence-electron chi connectivity index (χ2n) is 7.18. The molecule has 0 saturated heterocycles. The fourth-order valence-corrected chi connectivity index (χ4v) is 3.77. The zero-order valence-electron chi connectivity index (χ0n) is 18.7. The van der Waals surface area contributed by atoms with E-state index in [1.807, 2.05) is 13.1 Å². The molecule has 1 aromatic heterocycles. The largest absolute Gasteiger partial charge is 0.372 e. The molecule has 0 spiro atoms. The fourth-order valence-electron chi connectivity index (χ4n) is 3.50. The van der Waals surface area contributed by atoms with E-state index in [2.05, 4.69) is 82.4 Å². The van der Waals surface area contributed by atoms with Crippen molar-refractivity contribution < 1.29 is 0 Å². The number of rotatable bonds is 3. The van der Waals surface area contributed by atoms with Gasteiger partial charge in [-0.25, -0.2) is 0 Å². The monoisotopic (exact) mass is 400 g/mol. The fraction of sp³-hybridized carbons (Fsp3) is 0.440. The number of allylic oxidation sites excluding steroid dienone is 3. The molecule has 0 saturated carbocycles. The van der Waals surface area contributed by atoms with Crippen LogP contribution in [-0.2, 0) is 6.42 Å². The molecule has 154 valence electrons. The molecule has 0 amide bonds. The zero-order valence-corrected chi connectivity index (χ0v) is 19.5. The van der Waals surface area contributed by atoms with Crippen LogP contribution in [0.5, 0.6) is 0 Å². The van der Waals surface area contributed by atoms with Crippen molar-refractivity contribution in [3.05, 3.63) is 65.0 Å². The highest BCUT2D eigenvalue weighted by atomic mass is 35.5. The number of likely N-dealkylation sites (N-methyl/N-ethyl adjacent to an activating group) is 1. The second kappa shape index (κ2) is 11.8. The molecule has 2 aromatic rings. The molecule has 3 heteroatoms. The molecule has 1 atom stereocenters. The first kappa shape index (κ1) is 24.1. The minimum absolute atomic E-state index is 0.366. The van der Waals surface area contributed by atoms with Gasteiger partial charge in [0.1, 0.15) is 0 Å². The highest BCUT2D eigenvalue weighted by Gasteiger charge is 2.25. The summed E-state index contributed by atoms with van der Waals surface area (Å²) in [7, 11) is 2.10. The molecule has 0 aliphatic carbocycles. The molecule has 2 heterocycles. The van der Waals surface area contributed by atoms with Gasteiger partial charge in [-0.3, -0.25) is 0 Å². The minimum atomic E-state index is 0.366. The van der Waals surface area contributed by atoms with E-state index >= 15 is 0 Å². The Kier molecular flexibility index (Phi) is 10.2. The van der Waals surface area contributed by atoms with E-state index in [0.29, 0.717) is 6.04 Å². The Labute approximate surface area is 177 Å². The van der Waals surface area contributed by atoms with Crippen LogP contribution in [0.25, 0.3) is 16.5 Å². The van der Waals surface area contributed by atoms with Crippen molar-refractivity contribution in [1.82, 2.24) is 9.88 Å². The van der Waals surface area contributed by atoms with Crippen LogP contribution in [0, 0.1) is 6.92 Å². The van der Waals surface area contributed by atoms with Crippen molar-refractivity contribution >= 4 is 28.1 Å². The molecule has 3 rings (SSSR count). The summed E-state index contributed by atoms with van der Waals surface area (Å²) in [6, 6.07) is 7.07. The van der Waals surface area contributed by atoms with Gasteiger partial charge in [0.05, 0.1) is 11.1 Å². The third-order valence-corrected chi connectivity index (χ3v) is 4.81. The van der Waals surface area contributed by atoms with Gasteiger partial charge < -0.3 is 9.88 Å². The molecule has 0 fully saturated rings. The zero-order chi connectivity index (χ0) is 21.3. The smallest absolute Gasteiger partial charge is 0.0568 e. The first-order valence-corrected chi connectivity index (χ1v) is 10.7. The quantitative estimate of drug-likeness (QED) is 0.520. The van der Waals surface area contributed by atoms with Crippen molar-refractivity contribution in [2.45, 2.75) is 66.8 Å². The minimum Gasteiger partial charge on any atom is -0.372 e. The Hall–Kier alpha value is -1.93. The first-order chi connectivity index (χ1) is 13.4. The number of hydrogen-bond donors (Lipinski definition) is 1. The molecule has 2 nitrogen and oxygen atoms in total. The molecular weight excluding hydrogens is 364 g/mol. The van der Waals surface area contributed by atoms with Gasteiger partial charge >= 0.3 is 0 Å². The van der Waals surface area contributed by atoms with Crippen LogP contribution >= 0.6 is 11.6 Å². The normalized spacial score (nSPS) is 15.7. The third kappa shape index (κ3) is 5.78. The third-order valence-electron chi connectivity index (χ3n) is 4.61. The number of H-pyrrole nitrogens is 1. The number of nitrogens with one attached hydrogen (secondary N) is 1. The van der Waals surface area contributed by atoms with Gasteiger partial charge in [0.2, 0.25) is 0 Å². The number of aromatic amines is 1. The molecule has 1 N–H and O–H groups in total. The van der Waals surface area contributed by atoms with Crippen LogP contribution in [0.1, 0.15) is 64.3 Å². The van der Waals surface area contributed by atoms with Gasteiger partial charge in [0, 0.05) is 35.4 Å². The molecule has 1 aliphatic heterocycles. The topological polar surface area (TPSA) is 19.0 Å². The molecule has 0 radical (unpaired) electrons. The van der Waals surface area contributed by atoms with Crippen LogP contribution in [0.2, 0.25) is 0 Å². The van der Waals surface area contributed by atoms with Crippen molar-refractivity contribution in [2.24, 2.45) is 0 Å². The van der Waals surface area contributed by atoms with Crippen LogP contribution < -0.4 is 0 Å². The number of halogens is 1. The van der Waals surface area contributed by atoms with Crippen molar-refractivity contribution in [3.8, 4) is 0 Å². The highest BCUT2D eigenvalue weighted by molar-refractivity contribution is 6.32. The average molecular weight is 401 g/mol. The lowest BCUT2D eigenvalue weighted by Gasteiger charge is -2.32. The van der Waals surface area contributed by atoms with E-state index in [-0.39, 0.29) is 0 Å². The number of benzene rings is 1. The molecule has 1 unspecified atom stereocenters. The maximum atomic E-state index is 6.34. The van der Waals surface area contributed by atoms with Crippen molar-refractivity contribution in [2.75, 3.05) is 7.05 Å². The Morgan fingerprint density at radius 3 is 2.36 bits per heavy atom. The first-order valence-electron chi connectivity index (χ1n) is 10.4. The number of hydrogen-bond acceptors (Lipinski definition) is 1. The van der Waals surface area contributed by atoms with E-state index in [4.69, 9.17) is 11.6 Å². The number of nitrogens with zero attached hydrogens (tertiary/aromatic N) is 1. The van der Waals surface area contributed by atoms with E-state index in [9.17, 15) is 0 Å². The van der Waals surface area contributed by atoms with E-state index in [0.717, 1.165) is 17.9 Å². The van der Waals surface area contributed by atoms with Gasteiger partial charge in [-0.05, 0) is 56.0 Å². The van der Waals surface area contributed by atoms with Gasteiger partial charge in [-0.15, -0.1) is 6.58 Å². The summed E-state index contributed by atoms with van der Waals surface area (Å²) in [4.78, 5) is 5.75. The number of aryl methyl sites for hydroxylation is 2. The van der Waals surface area contributed by atoms with Crippen LogP contribution in [-0.4, -0.2) is 23.0 Å². The molecule has 0 bridgehead atoms. The van der Waals surface area contributed by atoms with E-state index in [1.54, 1.807) is 6.08 Å². The Morgan fingerprint density at radius 1 is 1.21 bits per heavy atom. The standard InChI is InChI=1S/C19H23ClN2.C3H8.C3H6/c1-5-13-7-8-17-15(9-13)19(12(3)21-17)16-10-14(20)11-22(4)18(16)6-2;2*1-3-2/h7-11,18,21H,5-6H2,1-4H3;3H2,1-2H3;3H,1H2,2H3. The van der Waals surface area contributed by atoms with Crippen molar-refractivity contribution in [3.63, 3.8) is 0 Å². The predicted molar refractivity (Wildman–Crippen MR) is 128 cm³/mol. The maximum Gasteiger partial charge on any atom is 0.0568 e. The maximum absolute atomic E-state index is 6.34. The predicted octanol–water partition coefficient (Wildman–Crippen LogP) is 7.83. The lowest BCUT2D eigenvalue weighted by Crippen LogP contribution is -2.30. The SMILES string of the molecule is C=CC.CCC.CCc1ccc2[nH]c(C)c(C3=CC(Cl)=CN(C)C3CC)c2c1. The summed E-state index contributed by atoms with van der Waals surface area (Å²) in [6.07, 6.45) is 9.25. The molecular formula is C25H37ClN2.